The minimum Gasteiger partial charge on any atom is -0.870 e. The number of non-ortho nitro benzene ring substituents is 1. The summed E-state index contributed by atoms with van der Waals surface area (Å²) in [5.41, 5.74) is -1.41. The Morgan fingerprint density at radius 2 is 1.77 bits per heavy atom. The van der Waals surface area contributed by atoms with Gasteiger partial charge in [-0.1, -0.05) is 36.1 Å². The molecular formula is C17H12N3O6-. The van der Waals surface area contributed by atoms with Crippen LogP contribution in [0.5, 0.6) is 0 Å². The van der Waals surface area contributed by atoms with Crippen molar-refractivity contribution in [3.8, 4) is 0 Å². The first kappa shape index (κ1) is 18.5. The van der Waals surface area contributed by atoms with Gasteiger partial charge in [-0.3, -0.25) is 14.9 Å². The highest BCUT2D eigenvalue weighted by Crippen LogP contribution is 2.27. The Hall–Kier alpha value is -3.88. The van der Waals surface area contributed by atoms with Gasteiger partial charge in [0.25, 0.3) is 5.69 Å². The van der Waals surface area contributed by atoms with E-state index in [2.05, 4.69) is 10.2 Å². The number of nitro groups is 1. The molecule has 0 heterocycles. The molecule has 2 aromatic carbocycles. The highest BCUT2D eigenvalue weighted by molar-refractivity contribution is 5.99. The molecule has 2 rings (SSSR count). The number of azo groups is 1. The van der Waals surface area contributed by atoms with Gasteiger partial charge in [0.15, 0.2) is 5.78 Å². The molecule has 1 N–H and O–H groups in total. The third-order valence-corrected chi connectivity index (χ3v) is 3.26. The van der Waals surface area contributed by atoms with Crippen LogP contribution in [0.15, 0.2) is 64.5 Å². The van der Waals surface area contributed by atoms with Gasteiger partial charge < -0.3 is 10.2 Å². The average molecular weight is 354 g/mol. The lowest BCUT2D eigenvalue weighted by molar-refractivity contribution is -0.384. The maximum absolute atomic E-state index is 12.4. The minimum absolute atomic E-state index is 0.203. The number of carbonyl (C=O) groups excluding carboxylic acids is 1. The summed E-state index contributed by atoms with van der Waals surface area (Å²) in [6.45, 7) is 1.11. The van der Waals surface area contributed by atoms with Gasteiger partial charge in [-0.25, -0.2) is 4.79 Å². The summed E-state index contributed by atoms with van der Waals surface area (Å²) in [7, 11) is 0. The SMILES string of the molecule is CC(=O)/C(N=Nc1cc([N+](=O)[O-])ccc1C(=O)O)=C(/[O-])c1ccccc1. The molecule has 0 aliphatic rings. The average Bonchev–Trinajstić information content (AvgIpc) is 2.61. The molecule has 132 valence electrons. The second-order valence-electron chi connectivity index (χ2n) is 5.06. The predicted octanol–water partition coefficient (Wildman–Crippen LogP) is 2.69. The Bertz CT molecular complexity index is 935. The van der Waals surface area contributed by atoms with Crippen LogP contribution in [0.1, 0.15) is 22.8 Å². The fourth-order valence-corrected chi connectivity index (χ4v) is 2.00. The quantitative estimate of drug-likeness (QED) is 0.277. The van der Waals surface area contributed by atoms with E-state index >= 15 is 0 Å². The molecule has 26 heavy (non-hydrogen) atoms. The molecule has 0 saturated heterocycles. The van der Waals surface area contributed by atoms with Gasteiger partial charge in [-0.2, -0.15) is 0 Å². The lowest BCUT2D eigenvalue weighted by atomic mass is 10.1. The van der Waals surface area contributed by atoms with Gasteiger partial charge in [0.2, 0.25) is 0 Å². The Labute approximate surface area is 147 Å². The van der Waals surface area contributed by atoms with Crippen molar-refractivity contribution in [1.82, 2.24) is 0 Å². The molecule has 0 fully saturated rings. The van der Waals surface area contributed by atoms with Crippen LogP contribution < -0.4 is 5.11 Å². The fraction of sp³-hybridized carbons (Fsp3) is 0.0588. The topological polar surface area (TPSA) is 145 Å². The van der Waals surface area contributed by atoms with Crippen molar-refractivity contribution < 1.29 is 24.7 Å². The van der Waals surface area contributed by atoms with E-state index in [0.717, 1.165) is 25.1 Å². The number of nitrogens with zero attached hydrogens (tertiary/aromatic N) is 3. The van der Waals surface area contributed by atoms with Crippen molar-refractivity contribution in [2.75, 3.05) is 0 Å². The van der Waals surface area contributed by atoms with Crippen LogP contribution >= 0.6 is 0 Å². The molecule has 0 saturated carbocycles. The number of carbonyl (C=O) groups is 2. The summed E-state index contributed by atoms with van der Waals surface area (Å²) in [5, 5.41) is 39.5. The van der Waals surface area contributed by atoms with Crippen LogP contribution in [-0.2, 0) is 4.79 Å². The van der Waals surface area contributed by atoms with E-state index in [0.29, 0.717) is 0 Å². The Kier molecular flexibility index (Phi) is 5.53. The highest BCUT2D eigenvalue weighted by atomic mass is 16.6. The molecule has 0 unspecified atom stereocenters. The maximum Gasteiger partial charge on any atom is 0.337 e. The number of allylic oxidation sites excluding steroid dienone is 1. The Morgan fingerprint density at radius 3 is 2.31 bits per heavy atom. The monoisotopic (exact) mass is 354 g/mol. The van der Waals surface area contributed by atoms with Gasteiger partial charge in [0, 0.05) is 19.1 Å². The zero-order chi connectivity index (χ0) is 19.3. The Balaban J connectivity index is 2.55. The lowest BCUT2D eigenvalue weighted by Gasteiger charge is -2.14. The van der Waals surface area contributed by atoms with Crippen molar-refractivity contribution in [1.29, 1.82) is 0 Å². The molecule has 0 amide bonds. The number of nitro benzene ring substituents is 1. The molecule has 0 aliphatic carbocycles. The van der Waals surface area contributed by atoms with Crippen molar-refractivity contribution in [2.45, 2.75) is 6.92 Å². The van der Waals surface area contributed by atoms with Gasteiger partial charge in [0.05, 0.1) is 10.5 Å². The van der Waals surface area contributed by atoms with Crippen LogP contribution in [0.25, 0.3) is 5.76 Å². The number of benzene rings is 2. The standard InChI is InChI=1S/C17H13N3O6/c1-10(21)15(16(22)11-5-3-2-4-6-11)19-18-14-9-12(20(25)26)7-8-13(14)17(23)24/h2-9,22H,1H3,(H,23,24)/p-1/b16-15-,19-18?. The first-order valence-electron chi connectivity index (χ1n) is 7.22. The van der Waals surface area contributed by atoms with E-state index in [1.807, 2.05) is 0 Å². The van der Waals surface area contributed by atoms with Gasteiger partial charge in [-0.05, 0) is 11.6 Å². The molecule has 2 aromatic rings. The fourth-order valence-electron chi connectivity index (χ4n) is 2.00. The van der Waals surface area contributed by atoms with Gasteiger partial charge in [0.1, 0.15) is 11.4 Å². The summed E-state index contributed by atoms with van der Waals surface area (Å²) in [6.07, 6.45) is 0. The van der Waals surface area contributed by atoms with Gasteiger partial charge >= 0.3 is 5.97 Å². The molecule has 0 aromatic heterocycles. The number of carboxylic acid groups (broad SMARTS) is 1. The van der Waals surface area contributed by atoms with Gasteiger partial charge in [-0.15, -0.1) is 10.2 Å². The highest BCUT2D eigenvalue weighted by Gasteiger charge is 2.16. The summed E-state index contributed by atoms with van der Waals surface area (Å²) >= 11 is 0. The van der Waals surface area contributed by atoms with E-state index in [1.165, 1.54) is 12.1 Å². The van der Waals surface area contributed by atoms with E-state index in [-0.39, 0.29) is 16.8 Å². The lowest BCUT2D eigenvalue weighted by Crippen LogP contribution is -2.09. The molecule has 9 nitrogen and oxygen atoms in total. The smallest absolute Gasteiger partial charge is 0.337 e. The third-order valence-electron chi connectivity index (χ3n) is 3.26. The summed E-state index contributed by atoms with van der Waals surface area (Å²) in [6, 6.07) is 10.8. The van der Waals surface area contributed by atoms with E-state index < -0.39 is 33.8 Å². The van der Waals surface area contributed by atoms with Crippen molar-refractivity contribution in [3.05, 3.63) is 75.5 Å². The summed E-state index contributed by atoms with van der Waals surface area (Å²) in [4.78, 5) is 33.1. The number of aromatic carboxylic acids is 1. The minimum atomic E-state index is -1.38. The third kappa shape index (κ3) is 4.15. The molecule has 9 heteroatoms. The number of rotatable bonds is 6. The molecule has 0 atom stereocenters. The number of Topliss-reactive ketones (excluding diaryl/α,β-unsaturated/α-hetero) is 1. The van der Waals surface area contributed by atoms with Crippen molar-refractivity contribution in [3.63, 3.8) is 0 Å². The molecule has 0 spiro atoms. The second kappa shape index (κ2) is 7.79. The molecule has 0 radical (unpaired) electrons. The predicted molar refractivity (Wildman–Crippen MR) is 88.6 cm³/mol. The zero-order valence-electron chi connectivity index (χ0n) is 13.4. The number of ketones is 1. The first-order valence-corrected chi connectivity index (χ1v) is 7.22. The van der Waals surface area contributed by atoms with Crippen LogP contribution in [0.2, 0.25) is 0 Å². The second-order valence-corrected chi connectivity index (χ2v) is 5.06. The first-order chi connectivity index (χ1) is 12.3. The number of carboxylic acids is 1. The normalized spacial score (nSPS) is 11.9. The Morgan fingerprint density at radius 1 is 1.12 bits per heavy atom. The van der Waals surface area contributed by atoms with E-state index in [1.54, 1.807) is 18.2 Å². The van der Waals surface area contributed by atoms with Crippen LogP contribution in [0, 0.1) is 10.1 Å². The van der Waals surface area contributed by atoms with Crippen LogP contribution in [-0.4, -0.2) is 21.8 Å². The van der Waals surface area contributed by atoms with Crippen molar-refractivity contribution in [2.24, 2.45) is 10.2 Å². The summed E-state index contributed by atoms with van der Waals surface area (Å²) in [5.74, 6) is -2.75. The maximum atomic E-state index is 12.4. The largest absolute Gasteiger partial charge is 0.870 e. The molecular weight excluding hydrogens is 342 g/mol. The number of hydrogen-bond donors (Lipinski definition) is 1. The molecule has 0 aliphatic heterocycles. The molecule has 0 bridgehead atoms. The van der Waals surface area contributed by atoms with Crippen LogP contribution in [0.3, 0.4) is 0 Å². The number of hydrogen-bond acceptors (Lipinski definition) is 7. The van der Waals surface area contributed by atoms with Crippen molar-refractivity contribution >= 4 is 28.9 Å². The van der Waals surface area contributed by atoms with E-state index in [4.69, 9.17) is 5.11 Å². The van der Waals surface area contributed by atoms with Crippen LogP contribution in [0.4, 0.5) is 11.4 Å². The van der Waals surface area contributed by atoms with E-state index in [9.17, 15) is 24.8 Å². The summed E-state index contributed by atoms with van der Waals surface area (Å²) < 4.78 is 0. The zero-order valence-corrected chi connectivity index (χ0v) is 13.4.